The molecular formula is C13H11N3O2. The van der Waals surface area contributed by atoms with Crippen molar-refractivity contribution in [3.63, 3.8) is 0 Å². The topological polar surface area (TPSA) is 70.9 Å². The molecule has 0 aromatic carbocycles. The second kappa shape index (κ2) is 4.03. The summed E-state index contributed by atoms with van der Waals surface area (Å²) in [5.74, 6) is 0.330. The van der Waals surface area contributed by atoms with Crippen molar-refractivity contribution in [1.29, 1.82) is 0 Å². The first-order valence-electron chi connectivity index (χ1n) is 5.53. The number of hydrogen-bond acceptors (Lipinski definition) is 3. The number of carbonyl (C=O) groups excluding carboxylic acids is 1. The molecule has 1 amide bonds. The van der Waals surface area contributed by atoms with Crippen molar-refractivity contribution in [3.05, 3.63) is 48.0 Å². The summed E-state index contributed by atoms with van der Waals surface area (Å²) in [6, 6.07) is 7.16. The molecule has 0 spiro atoms. The highest BCUT2D eigenvalue weighted by molar-refractivity contribution is 6.05. The molecule has 90 valence electrons. The van der Waals surface area contributed by atoms with Gasteiger partial charge in [-0.05, 0) is 18.6 Å². The van der Waals surface area contributed by atoms with Gasteiger partial charge in [0.15, 0.2) is 5.58 Å². The number of H-pyrrole nitrogens is 1. The molecule has 0 fully saturated rings. The molecular weight excluding hydrogens is 230 g/mol. The van der Waals surface area contributed by atoms with Crippen LogP contribution in [0.15, 0.2) is 41.1 Å². The number of hydrogen-bond donors (Lipinski definition) is 2. The Bertz CT molecular complexity index is 683. The number of rotatable bonds is 2. The van der Waals surface area contributed by atoms with Gasteiger partial charge in [0.1, 0.15) is 11.5 Å². The number of nitrogens with zero attached hydrogens (tertiary/aromatic N) is 1. The number of nitrogens with one attached hydrogen (secondary N) is 2. The Morgan fingerprint density at radius 3 is 3.11 bits per heavy atom. The first-order chi connectivity index (χ1) is 8.74. The fourth-order valence-electron chi connectivity index (χ4n) is 1.76. The van der Waals surface area contributed by atoms with Crippen LogP contribution in [0.1, 0.15) is 16.1 Å². The summed E-state index contributed by atoms with van der Waals surface area (Å²) >= 11 is 0. The quantitative estimate of drug-likeness (QED) is 0.724. The highest BCUT2D eigenvalue weighted by Gasteiger charge is 2.12. The summed E-state index contributed by atoms with van der Waals surface area (Å²) in [6.07, 6.45) is 3.22. The fourth-order valence-corrected chi connectivity index (χ4v) is 1.76. The van der Waals surface area contributed by atoms with Crippen LogP contribution in [0.3, 0.4) is 0 Å². The van der Waals surface area contributed by atoms with Crippen LogP contribution in [0, 0.1) is 6.92 Å². The highest BCUT2D eigenvalue weighted by Crippen LogP contribution is 2.17. The Morgan fingerprint density at radius 1 is 1.44 bits per heavy atom. The van der Waals surface area contributed by atoms with Crippen molar-refractivity contribution in [3.8, 4) is 0 Å². The standard InChI is InChI=1S/C13H11N3O2/c1-8-3-2-5-14-12(8)16-13(17)10-7-11-9(15-10)4-6-18-11/h2-7,15H,1H3,(H,14,16,17). The molecule has 0 aliphatic heterocycles. The average Bonchev–Trinajstić information content (AvgIpc) is 2.92. The molecule has 0 atom stereocenters. The predicted octanol–water partition coefficient (Wildman–Crippen LogP) is 2.72. The van der Waals surface area contributed by atoms with E-state index in [-0.39, 0.29) is 5.91 Å². The molecule has 3 aromatic heterocycles. The summed E-state index contributed by atoms with van der Waals surface area (Å²) in [4.78, 5) is 19.1. The molecule has 0 radical (unpaired) electrons. The molecule has 0 saturated carbocycles. The van der Waals surface area contributed by atoms with Crippen LogP contribution >= 0.6 is 0 Å². The maximum Gasteiger partial charge on any atom is 0.273 e. The Labute approximate surface area is 103 Å². The van der Waals surface area contributed by atoms with E-state index >= 15 is 0 Å². The lowest BCUT2D eigenvalue weighted by molar-refractivity contribution is 0.102. The van der Waals surface area contributed by atoms with Gasteiger partial charge in [-0.3, -0.25) is 4.79 Å². The van der Waals surface area contributed by atoms with Gasteiger partial charge in [-0.2, -0.15) is 0 Å². The Morgan fingerprint density at radius 2 is 2.33 bits per heavy atom. The summed E-state index contributed by atoms with van der Waals surface area (Å²) in [7, 11) is 0. The number of aryl methyl sites for hydroxylation is 1. The van der Waals surface area contributed by atoms with Gasteiger partial charge < -0.3 is 14.7 Å². The van der Waals surface area contributed by atoms with Gasteiger partial charge in [0.25, 0.3) is 5.91 Å². The SMILES string of the molecule is Cc1cccnc1NC(=O)c1cc2occc2[nH]1. The van der Waals surface area contributed by atoms with Crippen LogP contribution in [0.2, 0.25) is 0 Å². The first kappa shape index (κ1) is 10.6. The lowest BCUT2D eigenvalue weighted by atomic mass is 10.3. The molecule has 5 heteroatoms. The number of amides is 1. The third-order valence-electron chi connectivity index (χ3n) is 2.73. The molecule has 3 heterocycles. The molecule has 5 nitrogen and oxygen atoms in total. The lowest BCUT2D eigenvalue weighted by Crippen LogP contribution is -2.14. The first-order valence-corrected chi connectivity index (χ1v) is 5.53. The van der Waals surface area contributed by atoms with E-state index < -0.39 is 0 Å². The molecule has 18 heavy (non-hydrogen) atoms. The van der Waals surface area contributed by atoms with Crippen molar-refractivity contribution < 1.29 is 9.21 Å². The molecule has 3 rings (SSSR count). The van der Waals surface area contributed by atoms with Crippen LogP contribution < -0.4 is 5.32 Å². The lowest BCUT2D eigenvalue weighted by Gasteiger charge is -2.05. The van der Waals surface area contributed by atoms with Crippen molar-refractivity contribution in [1.82, 2.24) is 9.97 Å². The summed E-state index contributed by atoms with van der Waals surface area (Å²) in [5, 5.41) is 2.75. The van der Waals surface area contributed by atoms with Crippen molar-refractivity contribution in [2.24, 2.45) is 0 Å². The Hall–Kier alpha value is -2.56. The van der Waals surface area contributed by atoms with E-state index in [4.69, 9.17) is 4.42 Å². The summed E-state index contributed by atoms with van der Waals surface area (Å²) < 4.78 is 5.20. The summed E-state index contributed by atoms with van der Waals surface area (Å²) in [5.41, 5.74) is 2.84. The second-order valence-corrected chi connectivity index (χ2v) is 4.00. The van der Waals surface area contributed by atoms with E-state index in [1.54, 1.807) is 24.6 Å². The number of furan rings is 1. The second-order valence-electron chi connectivity index (χ2n) is 4.00. The van der Waals surface area contributed by atoms with Gasteiger partial charge in [-0.1, -0.05) is 6.07 Å². The van der Waals surface area contributed by atoms with E-state index in [0.29, 0.717) is 17.1 Å². The average molecular weight is 241 g/mol. The molecule has 0 aliphatic carbocycles. The van der Waals surface area contributed by atoms with Gasteiger partial charge in [0.05, 0.1) is 11.8 Å². The summed E-state index contributed by atoms with van der Waals surface area (Å²) in [6.45, 7) is 1.89. The molecule has 0 unspecified atom stereocenters. The third kappa shape index (κ3) is 1.75. The number of aromatic amines is 1. The van der Waals surface area contributed by atoms with E-state index in [1.807, 2.05) is 19.1 Å². The normalized spacial score (nSPS) is 10.7. The van der Waals surface area contributed by atoms with Gasteiger partial charge in [0, 0.05) is 18.3 Å². The van der Waals surface area contributed by atoms with Crippen molar-refractivity contribution in [2.45, 2.75) is 6.92 Å². The van der Waals surface area contributed by atoms with E-state index in [1.165, 1.54) is 0 Å². The van der Waals surface area contributed by atoms with Crippen LogP contribution in [-0.4, -0.2) is 15.9 Å². The number of anilines is 1. The molecule has 0 bridgehead atoms. The number of aromatic nitrogens is 2. The highest BCUT2D eigenvalue weighted by atomic mass is 16.3. The monoisotopic (exact) mass is 241 g/mol. The minimum absolute atomic E-state index is 0.233. The number of carbonyl (C=O) groups is 1. The molecule has 0 aliphatic rings. The Kier molecular flexibility index (Phi) is 2.37. The Balaban J connectivity index is 1.87. The van der Waals surface area contributed by atoms with Gasteiger partial charge in [0.2, 0.25) is 0 Å². The third-order valence-corrected chi connectivity index (χ3v) is 2.73. The zero-order valence-corrected chi connectivity index (χ0v) is 9.73. The van der Waals surface area contributed by atoms with Crippen molar-refractivity contribution in [2.75, 3.05) is 5.32 Å². The van der Waals surface area contributed by atoms with Crippen molar-refractivity contribution >= 4 is 22.8 Å². The van der Waals surface area contributed by atoms with Crippen LogP contribution in [0.4, 0.5) is 5.82 Å². The zero-order chi connectivity index (χ0) is 12.5. The minimum atomic E-state index is -0.233. The zero-order valence-electron chi connectivity index (χ0n) is 9.73. The smallest absolute Gasteiger partial charge is 0.273 e. The number of pyridine rings is 1. The minimum Gasteiger partial charge on any atom is -0.463 e. The maximum atomic E-state index is 12.0. The predicted molar refractivity (Wildman–Crippen MR) is 67.5 cm³/mol. The molecule has 2 N–H and O–H groups in total. The van der Waals surface area contributed by atoms with Crippen LogP contribution in [0.25, 0.3) is 11.1 Å². The van der Waals surface area contributed by atoms with Crippen LogP contribution in [0.5, 0.6) is 0 Å². The number of fused-ring (bicyclic) bond motifs is 1. The molecule has 0 saturated heterocycles. The largest absolute Gasteiger partial charge is 0.463 e. The molecule has 3 aromatic rings. The van der Waals surface area contributed by atoms with Gasteiger partial charge >= 0.3 is 0 Å². The van der Waals surface area contributed by atoms with E-state index in [9.17, 15) is 4.79 Å². The fraction of sp³-hybridized carbons (Fsp3) is 0.0769. The maximum absolute atomic E-state index is 12.0. The van der Waals surface area contributed by atoms with Crippen LogP contribution in [-0.2, 0) is 0 Å². The van der Waals surface area contributed by atoms with E-state index in [0.717, 1.165) is 11.1 Å². The van der Waals surface area contributed by atoms with Gasteiger partial charge in [-0.25, -0.2) is 4.98 Å². The van der Waals surface area contributed by atoms with Gasteiger partial charge in [-0.15, -0.1) is 0 Å². The van der Waals surface area contributed by atoms with E-state index in [2.05, 4.69) is 15.3 Å².